The average molecular weight is 401 g/mol. The van der Waals surface area contributed by atoms with Gasteiger partial charge in [-0.05, 0) is 39.5 Å². The van der Waals surface area contributed by atoms with Crippen molar-refractivity contribution in [1.82, 2.24) is 4.90 Å². The van der Waals surface area contributed by atoms with E-state index in [1.165, 1.54) is 14.1 Å². The summed E-state index contributed by atoms with van der Waals surface area (Å²) >= 11 is 2.07. The number of piperidine rings is 1. The molecule has 0 saturated carbocycles. The van der Waals surface area contributed by atoms with Crippen LogP contribution in [0.4, 0.5) is 4.79 Å². The lowest BCUT2D eigenvalue weighted by molar-refractivity contribution is -0.134. The van der Waals surface area contributed by atoms with E-state index in [1.54, 1.807) is 20.8 Å². The van der Waals surface area contributed by atoms with Crippen molar-refractivity contribution in [2.45, 2.75) is 45.6 Å². The number of carbonyl (C=O) groups excluding carboxylic acids is 2. The summed E-state index contributed by atoms with van der Waals surface area (Å²) < 4.78 is 10.4. The Balaban J connectivity index is 2.41. The molecule has 110 valence electrons. The predicted octanol–water partition coefficient (Wildman–Crippen LogP) is 3.57. The molecule has 0 aromatic rings. The first-order chi connectivity index (χ1) is 8.83. The number of rotatable bonds is 4. The number of likely N-dealkylation sites (tertiary alicyclic amines) is 1. The van der Waals surface area contributed by atoms with E-state index in [1.807, 2.05) is 0 Å². The molecule has 1 aliphatic rings. The predicted molar refractivity (Wildman–Crippen MR) is 82.9 cm³/mol. The molecule has 0 bridgehead atoms. The molecule has 1 aliphatic heterocycles. The van der Waals surface area contributed by atoms with E-state index in [4.69, 9.17) is 8.92 Å². The Morgan fingerprint density at radius 2 is 2.21 bits per heavy atom. The van der Waals surface area contributed by atoms with Crippen LogP contribution >= 0.6 is 30.4 Å². The first-order valence-electron chi connectivity index (χ1n) is 6.27. The summed E-state index contributed by atoms with van der Waals surface area (Å²) in [7, 11) is 1.30. The van der Waals surface area contributed by atoms with Gasteiger partial charge in [0, 0.05) is 34.2 Å². The molecular weight excluding hydrogens is 381 g/mol. The van der Waals surface area contributed by atoms with Crippen molar-refractivity contribution in [3.63, 3.8) is 0 Å². The van der Waals surface area contributed by atoms with E-state index >= 15 is 0 Å². The Labute approximate surface area is 130 Å². The van der Waals surface area contributed by atoms with Crippen LogP contribution in [-0.4, -0.2) is 35.7 Å². The number of hydrogen-bond donors (Lipinski definition) is 0. The van der Waals surface area contributed by atoms with Crippen LogP contribution in [0.2, 0.25) is 0 Å². The van der Waals surface area contributed by atoms with Gasteiger partial charge in [-0.15, -0.1) is 0 Å². The minimum atomic E-state index is -0.570. The standard InChI is InChI=1S/C12H20INO4S/c1-12(2,3)18-11(16)14-6-4-9(8-10(14)15)5-7-17-19-13/h9H,4-8H2,1-3H3. The zero-order valence-corrected chi connectivity index (χ0v) is 14.5. The van der Waals surface area contributed by atoms with Gasteiger partial charge in [0.1, 0.15) is 5.60 Å². The largest absolute Gasteiger partial charge is 0.443 e. The molecular formula is C12H20INO4S. The number of hydrogen-bond acceptors (Lipinski definition) is 5. The lowest BCUT2D eigenvalue weighted by Crippen LogP contribution is -2.45. The lowest BCUT2D eigenvalue weighted by atomic mass is 9.93. The fraction of sp³-hybridized carbons (Fsp3) is 0.833. The maximum absolute atomic E-state index is 11.9. The second kappa shape index (κ2) is 7.68. The fourth-order valence-corrected chi connectivity index (χ4v) is 2.60. The van der Waals surface area contributed by atoms with Crippen LogP contribution in [0.1, 0.15) is 40.0 Å². The van der Waals surface area contributed by atoms with Crippen LogP contribution < -0.4 is 0 Å². The smallest absolute Gasteiger partial charge is 0.417 e. The summed E-state index contributed by atoms with van der Waals surface area (Å²) in [6.07, 6.45) is 1.54. The highest BCUT2D eigenvalue weighted by atomic mass is 127. The molecule has 7 heteroatoms. The molecule has 0 N–H and O–H groups in total. The lowest BCUT2D eigenvalue weighted by Gasteiger charge is -2.31. The zero-order valence-electron chi connectivity index (χ0n) is 11.5. The highest BCUT2D eigenvalue weighted by molar-refractivity contribution is 14.2. The van der Waals surface area contributed by atoms with Crippen molar-refractivity contribution in [3.05, 3.63) is 0 Å². The molecule has 19 heavy (non-hydrogen) atoms. The fourth-order valence-electron chi connectivity index (χ4n) is 1.90. The third-order valence-corrected chi connectivity index (χ3v) is 3.81. The van der Waals surface area contributed by atoms with Gasteiger partial charge in [-0.25, -0.2) is 9.69 Å². The highest BCUT2D eigenvalue weighted by Gasteiger charge is 2.32. The van der Waals surface area contributed by atoms with Crippen LogP contribution in [0.15, 0.2) is 0 Å². The number of amides is 2. The normalized spacial score (nSPS) is 20.5. The van der Waals surface area contributed by atoms with Crippen LogP contribution in [0.5, 0.6) is 0 Å². The minimum absolute atomic E-state index is 0.146. The molecule has 1 saturated heterocycles. The van der Waals surface area contributed by atoms with Crippen LogP contribution in [0.3, 0.4) is 0 Å². The second-order valence-corrected chi connectivity index (χ2v) is 7.00. The summed E-state index contributed by atoms with van der Waals surface area (Å²) in [5.41, 5.74) is -0.570. The molecule has 5 nitrogen and oxygen atoms in total. The van der Waals surface area contributed by atoms with Gasteiger partial charge in [-0.2, -0.15) is 0 Å². The summed E-state index contributed by atoms with van der Waals surface area (Å²) in [4.78, 5) is 25.0. The van der Waals surface area contributed by atoms with Crippen molar-refractivity contribution in [2.75, 3.05) is 13.2 Å². The van der Waals surface area contributed by atoms with Crippen molar-refractivity contribution in [3.8, 4) is 0 Å². The molecule has 0 aromatic carbocycles. The molecule has 1 unspecified atom stereocenters. The summed E-state index contributed by atoms with van der Waals surface area (Å²) in [6, 6.07) is 0. The molecule has 0 aromatic heterocycles. The Bertz CT molecular complexity index is 332. The molecule has 1 atom stereocenters. The van der Waals surface area contributed by atoms with Gasteiger partial charge in [0.2, 0.25) is 5.91 Å². The van der Waals surface area contributed by atoms with Gasteiger partial charge in [-0.1, -0.05) is 0 Å². The molecule has 0 radical (unpaired) electrons. The summed E-state index contributed by atoms with van der Waals surface area (Å²) in [6.45, 7) is 6.46. The number of nitrogens with zero attached hydrogens (tertiary/aromatic N) is 1. The van der Waals surface area contributed by atoms with Gasteiger partial charge >= 0.3 is 6.09 Å². The van der Waals surface area contributed by atoms with Crippen LogP contribution in [0, 0.1) is 5.92 Å². The zero-order chi connectivity index (χ0) is 14.5. The van der Waals surface area contributed by atoms with E-state index in [0.29, 0.717) is 25.5 Å². The Morgan fingerprint density at radius 1 is 1.53 bits per heavy atom. The molecule has 0 spiro atoms. The van der Waals surface area contributed by atoms with Gasteiger partial charge in [0.25, 0.3) is 0 Å². The maximum atomic E-state index is 11.9. The van der Waals surface area contributed by atoms with Gasteiger partial charge in [-0.3, -0.25) is 4.79 Å². The minimum Gasteiger partial charge on any atom is -0.443 e. The third kappa shape index (κ3) is 6.31. The second-order valence-electron chi connectivity index (χ2n) is 5.56. The van der Waals surface area contributed by atoms with Crippen molar-refractivity contribution in [2.24, 2.45) is 5.92 Å². The molecule has 1 fully saturated rings. The van der Waals surface area contributed by atoms with Crippen molar-refractivity contribution in [1.29, 1.82) is 0 Å². The van der Waals surface area contributed by atoms with E-state index < -0.39 is 11.7 Å². The van der Waals surface area contributed by atoms with E-state index in [-0.39, 0.29) is 5.91 Å². The Morgan fingerprint density at radius 3 is 2.74 bits per heavy atom. The van der Waals surface area contributed by atoms with E-state index in [0.717, 1.165) is 12.8 Å². The van der Waals surface area contributed by atoms with Gasteiger partial charge in [0.05, 0.1) is 15.8 Å². The quantitative estimate of drug-likeness (QED) is 0.410. The van der Waals surface area contributed by atoms with Gasteiger partial charge in [0.15, 0.2) is 0 Å². The van der Waals surface area contributed by atoms with E-state index in [2.05, 4.69) is 21.2 Å². The van der Waals surface area contributed by atoms with E-state index in [9.17, 15) is 9.59 Å². The number of ether oxygens (including phenoxy) is 1. The van der Waals surface area contributed by atoms with Crippen LogP contribution in [0.25, 0.3) is 0 Å². The van der Waals surface area contributed by atoms with Crippen molar-refractivity contribution < 1.29 is 18.5 Å². The highest BCUT2D eigenvalue weighted by Crippen LogP contribution is 2.24. The van der Waals surface area contributed by atoms with Gasteiger partial charge < -0.3 is 8.92 Å². The molecule has 1 rings (SSSR count). The first-order valence-corrected chi connectivity index (χ1v) is 9.55. The first kappa shape index (κ1) is 17.0. The average Bonchev–Trinajstić information content (AvgIpc) is 2.27. The topological polar surface area (TPSA) is 55.8 Å². The maximum Gasteiger partial charge on any atom is 0.417 e. The Hall–Kier alpha value is -0.0200. The SMILES string of the molecule is CC(C)(C)OC(=O)N1CCC(CCOSI)CC1=O. The third-order valence-electron chi connectivity index (χ3n) is 2.79. The monoisotopic (exact) mass is 401 g/mol. The summed E-state index contributed by atoms with van der Waals surface area (Å²) in [5, 5.41) is 0. The number of carbonyl (C=O) groups is 2. The van der Waals surface area contributed by atoms with Crippen LogP contribution in [-0.2, 0) is 13.7 Å². The molecule has 1 heterocycles. The molecule has 0 aliphatic carbocycles. The number of imide groups is 1. The van der Waals surface area contributed by atoms with Crippen molar-refractivity contribution >= 4 is 42.4 Å². The molecule has 2 amide bonds. The number of halogens is 1. The summed E-state index contributed by atoms with van der Waals surface area (Å²) in [5.74, 6) is 0.155. The Kier molecular flexibility index (Phi) is 6.89.